The van der Waals surface area contributed by atoms with Crippen molar-refractivity contribution in [2.45, 2.75) is 13.8 Å². The lowest BCUT2D eigenvalue weighted by atomic mass is 10.1. The second-order valence-corrected chi connectivity index (χ2v) is 6.56. The molecule has 11 heteroatoms. The third kappa shape index (κ3) is 7.36. The van der Waals surface area contributed by atoms with Gasteiger partial charge in [-0.15, -0.1) is 0 Å². The topological polar surface area (TPSA) is 132 Å². The second-order valence-electron chi connectivity index (χ2n) is 6.15. The minimum Gasteiger partial charge on any atom is -0.484 e. The first-order valence-corrected chi connectivity index (χ1v) is 9.11. The van der Waals surface area contributed by atoms with E-state index in [0.717, 1.165) is 11.1 Å². The van der Waals surface area contributed by atoms with Gasteiger partial charge in [-0.05, 0) is 55.4 Å². The number of nitrogens with zero attached hydrogens (tertiary/aromatic N) is 1. The number of amides is 2. The molecule has 0 fully saturated rings. The first kappa shape index (κ1) is 22.6. The van der Waals surface area contributed by atoms with Crippen LogP contribution < -0.4 is 25.6 Å². The number of aryl methyl sites for hydroxylation is 2. The van der Waals surface area contributed by atoms with Gasteiger partial charge in [0.2, 0.25) is 0 Å². The number of nitro benzene ring substituents is 1. The second kappa shape index (κ2) is 10.7. The van der Waals surface area contributed by atoms with E-state index in [0.29, 0.717) is 5.75 Å². The molecular weight excluding hydrogens is 412 g/mol. The normalized spacial score (nSPS) is 9.93. The smallest absolute Gasteiger partial charge is 0.276 e. The van der Waals surface area contributed by atoms with E-state index in [2.05, 4.69) is 16.2 Å². The van der Waals surface area contributed by atoms with Gasteiger partial charge in [0.05, 0.1) is 4.92 Å². The summed E-state index contributed by atoms with van der Waals surface area (Å²) in [5.41, 5.74) is 6.44. The number of rotatable bonds is 7. The molecule has 2 aromatic rings. The highest BCUT2D eigenvalue weighted by molar-refractivity contribution is 7.80. The molecule has 0 aliphatic heterocycles. The summed E-state index contributed by atoms with van der Waals surface area (Å²) in [5, 5.41) is 12.8. The van der Waals surface area contributed by atoms with Crippen LogP contribution in [0.25, 0.3) is 0 Å². The van der Waals surface area contributed by atoms with Gasteiger partial charge in [0.15, 0.2) is 18.3 Å². The van der Waals surface area contributed by atoms with Crippen molar-refractivity contribution in [2.75, 3.05) is 13.2 Å². The van der Waals surface area contributed by atoms with E-state index in [4.69, 9.17) is 21.7 Å². The van der Waals surface area contributed by atoms with E-state index in [9.17, 15) is 19.7 Å². The summed E-state index contributed by atoms with van der Waals surface area (Å²) in [6, 6.07) is 10.9. The molecule has 2 aromatic carbocycles. The Morgan fingerprint density at radius 3 is 2.33 bits per heavy atom. The predicted octanol–water partition coefficient (Wildman–Crippen LogP) is 1.69. The third-order valence-corrected chi connectivity index (χ3v) is 3.89. The van der Waals surface area contributed by atoms with Crippen LogP contribution in [0.4, 0.5) is 5.69 Å². The Kier molecular flexibility index (Phi) is 8.06. The number of nitrogens with one attached hydrogen (secondary N) is 3. The molecule has 0 bridgehead atoms. The molecule has 0 saturated carbocycles. The van der Waals surface area contributed by atoms with Crippen LogP contribution in [0.1, 0.15) is 11.1 Å². The summed E-state index contributed by atoms with van der Waals surface area (Å²) in [6.45, 7) is 3.17. The van der Waals surface area contributed by atoms with Gasteiger partial charge in [-0.1, -0.05) is 12.1 Å². The molecule has 0 saturated heterocycles. The lowest BCUT2D eigenvalue weighted by Gasteiger charge is -2.12. The predicted molar refractivity (Wildman–Crippen MR) is 112 cm³/mol. The van der Waals surface area contributed by atoms with Crippen molar-refractivity contribution in [1.82, 2.24) is 16.2 Å². The molecule has 0 radical (unpaired) electrons. The minimum absolute atomic E-state index is 0.0869. The van der Waals surface area contributed by atoms with Crippen LogP contribution in [-0.4, -0.2) is 35.1 Å². The average molecular weight is 432 g/mol. The number of non-ortho nitro benzene ring substituents is 1. The van der Waals surface area contributed by atoms with Crippen LogP contribution in [0, 0.1) is 24.0 Å². The van der Waals surface area contributed by atoms with Crippen LogP contribution in [0.15, 0.2) is 42.5 Å². The van der Waals surface area contributed by atoms with E-state index in [1.807, 2.05) is 32.0 Å². The zero-order valence-corrected chi connectivity index (χ0v) is 17.1. The number of benzene rings is 2. The Hall–Kier alpha value is -3.73. The molecular formula is C19H20N4O6S. The molecule has 0 spiro atoms. The molecule has 0 heterocycles. The summed E-state index contributed by atoms with van der Waals surface area (Å²) in [7, 11) is 0. The number of ether oxygens (including phenoxy) is 2. The summed E-state index contributed by atoms with van der Waals surface area (Å²) in [5.74, 6) is -0.183. The standard InChI is InChI=1S/C19H20N4O6S/c1-12-3-4-13(2)16(9-12)29-10-17(24)20-19(30)22-21-18(25)11-28-15-7-5-14(6-8-15)23(26)27/h3-9H,10-11H2,1-2H3,(H,21,25)(H2,20,22,24,30). The lowest BCUT2D eigenvalue weighted by Crippen LogP contribution is -2.50. The highest BCUT2D eigenvalue weighted by Gasteiger charge is 2.09. The first-order valence-electron chi connectivity index (χ1n) is 8.70. The maximum Gasteiger partial charge on any atom is 0.276 e. The number of thiocarbonyl (C=S) groups is 1. The zero-order chi connectivity index (χ0) is 22.1. The van der Waals surface area contributed by atoms with Gasteiger partial charge in [-0.3, -0.25) is 35.9 Å². The number of carbonyl (C=O) groups excluding carboxylic acids is 2. The van der Waals surface area contributed by atoms with Crippen molar-refractivity contribution < 1.29 is 24.0 Å². The zero-order valence-electron chi connectivity index (χ0n) is 16.3. The van der Waals surface area contributed by atoms with Crippen molar-refractivity contribution in [2.24, 2.45) is 0 Å². The van der Waals surface area contributed by atoms with Gasteiger partial charge < -0.3 is 9.47 Å². The molecule has 0 atom stereocenters. The van der Waals surface area contributed by atoms with Gasteiger partial charge in [0.1, 0.15) is 11.5 Å². The van der Waals surface area contributed by atoms with Gasteiger partial charge in [0.25, 0.3) is 17.5 Å². The van der Waals surface area contributed by atoms with Crippen molar-refractivity contribution in [3.63, 3.8) is 0 Å². The Morgan fingerprint density at radius 1 is 1.00 bits per heavy atom. The van der Waals surface area contributed by atoms with Gasteiger partial charge >= 0.3 is 0 Å². The maximum atomic E-state index is 11.9. The summed E-state index contributed by atoms with van der Waals surface area (Å²) in [6.07, 6.45) is 0. The van der Waals surface area contributed by atoms with E-state index < -0.39 is 16.7 Å². The quantitative estimate of drug-likeness (QED) is 0.342. The molecule has 158 valence electrons. The van der Waals surface area contributed by atoms with E-state index in [1.165, 1.54) is 24.3 Å². The monoisotopic (exact) mass is 432 g/mol. The van der Waals surface area contributed by atoms with Gasteiger partial charge in [-0.25, -0.2) is 0 Å². The van der Waals surface area contributed by atoms with E-state index >= 15 is 0 Å². The minimum atomic E-state index is -0.573. The Balaban J connectivity index is 1.68. The third-order valence-electron chi connectivity index (χ3n) is 3.69. The largest absolute Gasteiger partial charge is 0.484 e. The maximum absolute atomic E-state index is 11.9. The van der Waals surface area contributed by atoms with Gasteiger partial charge in [0, 0.05) is 12.1 Å². The summed E-state index contributed by atoms with van der Waals surface area (Å²) in [4.78, 5) is 33.7. The van der Waals surface area contributed by atoms with Crippen molar-refractivity contribution >= 4 is 34.8 Å². The number of hydrazine groups is 1. The molecule has 30 heavy (non-hydrogen) atoms. The van der Waals surface area contributed by atoms with E-state index in [-0.39, 0.29) is 29.8 Å². The van der Waals surface area contributed by atoms with Crippen molar-refractivity contribution in [3.05, 3.63) is 63.7 Å². The molecule has 0 aromatic heterocycles. The molecule has 0 aliphatic carbocycles. The molecule has 10 nitrogen and oxygen atoms in total. The number of nitro groups is 1. The molecule has 0 aliphatic rings. The van der Waals surface area contributed by atoms with Crippen LogP contribution in [-0.2, 0) is 9.59 Å². The highest BCUT2D eigenvalue weighted by Crippen LogP contribution is 2.19. The van der Waals surface area contributed by atoms with Crippen LogP contribution >= 0.6 is 12.2 Å². The fourth-order valence-electron chi connectivity index (χ4n) is 2.18. The first-order chi connectivity index (χ1) is 14.2. The molecule has 2 amide bonds. The van der Waals surface area contributed by atoms with Gasteiger partial charge in [-0.2, -0.15) is 0 Å². The highest BCUT2D eigenvalue weighted by atomic mass is 32.1. The molecule has 0 unspecified atom stereocenters. The number of carbonyl (C=O) groups is 2. The summed E-state index contributed by atoms with van der Waals surface area (Å²) >= 11 is 4.92. The Morgan fingerprint density at radius 2 is 1.67 bits per heavy atom. The SMILES string of the molecule is Cc1ccc(C)c(OCC(=O)NC(=S)NNC(=O)COc2ccc([N+](=O)[O-])cc2)c1. The summed E-state index contributed by atoms with van der Waals surface area (Å²) < 4.78 is 10.7. The average Bonchev–Trinajstić information content (AvgIpc) is 2.71. The molecule has 2 rings (SSSR count). The number of hydrogen-bond donors (Lipinski definition) is 3. The van der Waals surface area contributed by atoms with Crippen LogP contribution in [0.5, 0.6) is 11.5 Å². The van der Waals surface area contributed by atoms with E-state index in [1.54, 1.807) is 0 Å². The fraction of sp³-hybridized carbons (Fsp3) is 0.211. The lowest BCUT2D eigenvalue weighted by molar-refractivity contribution is -0.384. The van der Waals surface area contributed by atoms with Crippen LogP contribution in [0.2, 0.25) is 0 Å². The van der Waals surface area contributed by atoms with Crippen LogP contribution in [0.3, 0.4) is 0 Å². The van der Waals surface area contributed by atoms with Crippen molar-refractivity contribution in [3.8, 4) is 11.5 Å². The van der Waals surface area contributed by atoms with Crippen molar-refractivity contribution in [1.29, 1.82) is 0 Å². The Bertz CT molecular complexity index is 949. The fourth-order valence-corrected chi connectivity index (χ4v) is 2.34. The molecule has 3 N–H and O–H groups in total. The number of hydrogen-bond acceptors (Lipinski definition) is 7. The Labute approximate surface area is 177 Å².